The summed E-state index contributed by atoms with van der Waals surface area (Å²) in [5.74, 6) is 0. The van der Waals surface area contributed by atoms with Crippen LogP contribution < -0.4 is 5.43 Å². The van der Waals surface area contributed by atoms with Gasteiger partial charge in [0.2, 0.25) is 6.41 Å². The number of hydrogen-bond donors (Lipinski definition) is 1. The second-order valence-corrected chi connectivity index (χ2v) is 15.3. The van der Waals surface area contributed by atoms with Gasteiger partial charge in [0.05, 0.1) is 0 Å². The molecule has 0 aromatic rings. The molecule has 0 saturated carbocycles. The molecule has 0 saturated heterocycles. The molecule has 1 N–H and O–H groups in total. The van der Waals surface area contributed by atoms with Crippen LogP contribution in [0, 0.1) is 5.41 Å². The molecule has 292 valence electrons. The molecular weight excluding hydrogens is 611 g/mol. The molecule has 0 atom stereocenters. The SMILES string of the molecule is CCC(C)(C)CN(C)C.CCCCC/C=C\C/C=C\CCCCCCCCC(CCCCCCCC/C=C\C/C=C\CCCCC)=NNC=O. The first-order valence-corrected chi connectivity index (χ1v) is 21.3. The van der Waals surface area contributed by atoms with E-state index >= 15 is 0 Å². The summed E-state index contributed by atoms with van der Waals surface area (Å²) in [6.07, 6.45) is 53.1. The minimum Gasteiger partial charge on any atom is -0.309 e. The van der Waals surface area contributed by atoms with Gasteiger partial charge < -0.3 is 4.90 Å². The topological polar surface area (TPSA) is 44.7 Å². The molecule has 0 aliphatic carbocycles. The van der Waals surface area contributed by atoms with Gasteiger partial charge in [-0.05, 0) is 116 Å². The molecule has 0 bridgehead atoms. The maximum Gasteiger partial charge on any atom is 0.227 e. The Hall–Kier alpha value is -1.94. The third-order valence-electron chi connectivity index (χ3n) is 9.31. The number of unbranched alkanes of at least 4 members (excludes halogenated alkanes) is 18. The second-order valence-electron chi connectivity index (χ2n) is 15.3. The van der Waals surface area contributed by atoms with Crippen molar-refractivity contribution in [3.63, 3.8) is 0 Å². The van der Waals surface area contributed by atoms with Crippen molar-refractivity contribution < 1.29 is 4.79 Å². The van der Waals surface area contributed by atoms with E-state index < -0.39 is 0 Å². The molecule has 0 radical (unpaired) electrons. The van der Waals surface area contributed by atoms with Gasteiger partial charge >= 0.3 is 0 Å². The third-order valence-corrected chi connectivity index (χ3v) is 9.31. The van der Waals surface area contributed by atoms with Crippen molar-refractivity contribution in [1.29, 1.82) is 0 Å². The predicted octanol–water partition coefficient (Wildman–Crippen LogP) is 14.5. The van der Waals surface area contributed by atoms with Crippen LogP contribution in [0.3, 0.4) is 0 Å². The number of nitrogens with one attached hydrogen (secondary N) is 1. The first-order valence-electron chi connectivity index (χ1n) is 21.3. The summed E-state index contributed by atoms with van der Waals surface area (Å²) >= 11 is 0. The highest BCUT2D eigenvalue weighted by atomic mass is 16.1. The van der Waals surface area contributed by atoms with E-state index in [1.807, 2.05) is 0 Å². The largest absolute Gasteiger partial charge is 0.309 e. The zero-order valence-electron chi connectivity index (χ0n) is 34.8. The molecule has 0 aliphatic heterocycles. The van der Waals surface area contributed by atoms with Gasteiger partial charge in [-0.1, -0.05) is 160 Å². The number of carbonyl (C=O) groups excluding carboxylic acids is 1. The zero-order chi connectivity index (χ0) is 37.2. The van der Waals surface area contributed by atoms with Crippen LogP contribution in [0.5, 0.6) is 0 Å². The lowest BCUT2D eigenvalue weighted by Gasteiger charge is -2.26. The van der Waals surface area contributed by atoms with Gasteiger partial charge in [0.25, 0.3) is 0 Å². The van der Waals surface area contributed by atoms with Crippen molar-refractivity contribution in [1.82, 2.24) is 10.3 Å². The molecule has 4 heteroatoms. The molecule has 0 aromatic carbocycles. The summed E-state index contributed by atoms with van der Waals surface area (Å²) in [7, 11) is 4.24. The average Bonchev–Trinajstić information content (AvgIpc) is 3.09. The van der Waals surface area contributed by atoms with Crippen LogP contribution in [0.4, 0.5) is 0 Å². The van der Waals surface area contributed by atoms with Gasteiger partial charge in [-0.3, -0.25) is 4.79 Å². The smallest absolute Gasteiger partial charge is 0.227 e. The highest BCUT2D eigenvalue weighted by molar-refractivity contribution is 5.84. The van der Waals surface area contributed by atoms with Crippen molar-refractivity contribution >= 4 is 12.1 Å². The molecule has 0 unspecified atom stereocenters. The Kier molecular flexibility index (Phi) is 41.6. The van der Waals surface area contributed by atoms with Gasteiger partial charge in [0.15, 0.2) is 0 Å². The lowest BCUT2D eigenvalue weighted by molar-refractivity contribution is -0.109. The third kappa shape index (κ3) is 44.1. The highest BCUT2D eigenvalue weighted by Crippen LogP contribution is 2.19. The molecule has 0 aromatic heterocycles. The summed E-state index contributed by atoms with van der Waals surface area (Å²) in [5.41, 5.74) is 4.21. The van der Waals surface area contributed by atoms with E-state index in [-0.39, 0.29) is 0 Å². The molecule has 0 spiro atoms. The Morgan fingerprint density at radius 3 is 1.22 bits per heavy atom. The normalized spacial score (nSPS) is 12.1. The molecule has 0 aliphatic rings. The molecule has 4 nitrogen and oxygen atoms in total. The van der Waals surface area contributed by atoms with Crippen LogP contribution in [0.1, 0.15) is 208 Å². The van der Waals surface area contributed by atoms with E-state index in [0.717, 1.165) is 25.7 Å². The monoisotopic (exact) mass is 698 g/mol. The molecule has 0 heterocycles. The number of nitrogens with zero attached hydrogens (tertiary/aromatic N) is 2. The lowest BCUT2D eigenvalue weighted by Crippen LogP contribution is -2.27. The van der Waals surface area contributed by atoms with Crippen molar-refractivity contribution in [3.8, 4) is 0 Å². The summed E-state index contributed by atoms with van der Waals surface area (Å²) in [6, 6.07) is 0. The van der Waals surface area contributed by atoms with Crippen molar-refractivity contribution in [2.75, 3.05) is 20.6 Å². The van der Waals surface area contributed by atoms with Gasteiger partial charge in [-0.2, -0.15) is 5.10 Å². The summed E-state index contributed by atoms with van der Waals surface area (Å²) in [4.78, 5) is 13.0. The molecule has 50 heavy (non-hydrogen) atoms. The van der Waals surface area contributed by atoms with E-state index in [1.54, 1.807) is 0 Å². The average molecular weight is 698 g/mol. The molecule has 0 fully saturated rings. The van der Waals surface area contributed by atoms with Crippen LogP contribution in [0.2, 0.25) is 0 Å². The zero-order valence-corrected chi connectivity index (χ0v) is 34.8. The Morgan fingerprint density at radius 2 is 0.900 bits per heavy atom. The quantitative estimate of drug-likeness (QED) is 0.0235. The Bertz CT molecular complexity index is 786. The predicted molar refractivity (Wildman–Crippen MR) is 227 cm³/mol. The van der Waals surface area contributed by atoms with Gasteiger partial charge in [0, 0.05) is 12.3 Å². The van der Waals surface area contributed by atoms with Gasteiger partial charge in [0.1, 0.15) is 0 Å². The number of hydrogen-bond acceptors (Lipinski definition) is 3. The Balaban J connectivity index is 0. The van der Waals surface area contributed by atoms with E-state index in [4.69, 9.17) is 0 Å². The van der Waals surface area contributed by atoms with E-state index in [0.29, 0.717) is 11.8 Å². The van der Waals surface area contributed by atoms with Crippen molar-refractivity contribution in [3.05, 3.63) is 48.6 Å². The Morgan fingerprint density at radius 1 is 0.540 bits per heavy atom. The fourth-order valence-electron chi connectivity index (χ4n) is 5.96. The first kappa shape index (κ1) is 50.2. The van der Waals surface area contributed by atoms with Gasteiger partial charge in [-0.15, -0.1) is 0 Å². The minimum absolute atomic E-state index is 0.490. The number of amides is 1. The van der Waals surface area contributed by atoms with Crippen molar-refractivity contribution in [2.24, 2.45) is 10.5 Å². The van der Waals surface area contributed by atoms with Crippen LogP contribution >= 0.6 is 0 Å². The van der Waals surface area contributed by atoms with E-state index in [1.165, 1.54) is 160 Å². The first-order chi connectivity index (χ1) is 24.3. The van der Waals surface area contributed by atoms with Crippen LogP contribution in [-0.2, 0) is 4.79 Å². The second kappa shape index (κ2) is 41.5. The number of rotatable bonds is 35. The number of hydrazone groups is 1. The molecule has 0 rings (SSSR count). The van der Waals surface area contributed by atoms with Crippen LogP contribution in [-0.4, -0.2) is 37.7 Å². The molecular formula is C46H87N3O. The molecule has 1 amide bonds. The number of carbonyl (C=O) groups is 1. The van der Waals surface area contributed by atoms with Crippen LogP contribution in [0.15, 0.2) is 53.7 Å². The fourth-order valence-corrected chi connectivity index (χ4v) is 5.96. The fraction of sp³-hybridized carbons (Fsp3) is 0.783. The standard InChI is InChI=1S/C38H68N2O.C8H19N/c1-3-5-7-9-11-13-15-17-19-21-23-25-27-29-31-33-35-38(40-39-37-41)36-34-32-30-28-26-24-22-20-18-16-14-12-10-8-6-4-2;1-6-8(2,3)7-9(4)5/h11-14,17-20,37H,3-10,15-16,21-36H2,1-2H3,(H,39,41);6-7H2,1-5H3/b13-11-,14-12-,19-17-,20-18-;. The van der Waals surface area contributed by atoms with Gasteiger partial charge in [-0.25, -0.2) is 5.43 Å². The van der Waals surface area contributed by atoms with Crippen LogP contribution in [0.25, 0.3) is 0 Å². The Labute approximate surface area is 314 Å². The van der Waals surface area contributed by atoms with E-state index in [9.17, 15) is 4.79 Å². The number of allylic oxidation sites excluding steroid dienone is 8. The summed E-state index contributed by atoms with van der Waals surface area (Å²) in [6.45, 7) is 12.5. The summed E-state index contributed by atoms with van der Waals surface area (Å²) in [5, 5.41) is 4.33. The lowest BCUT2D eigenvalue weighted by atomic mass is 9.90. The minimum atomic E-state index is 0.490. The highest BCUT2D eigenvalue weighted by Gasteiger charge is 2.14. The van der Waals surface area contributed by atoms with Crippen molar-refractivity contribution in [2.45, 2.75) is 208 Å². The maximum atomic E-state index is 10.7. The maximum absolute atomic E-state index is 10.7. The van der Waals surface area contributed by atoms with E-state index in [2.05, 4.69) is 113 Å². The summed E-state index contributed by atoms with van der Waals surface area (Å²) < 4.78 is 0.